The van der Waals surface area contributed by atoms with Crippen molar-refractivity contribution in [2.24, 2.45) is 0 Å². The third kappa shape index (κ3) is 4.51. The van der Waals surface area contributed by atoms with Crippen LogP contribution in [0.3, 0.4) is 0 Å². The van der Waals surface area contributed by atoms with Gasteiger partial charge in [0.1, 0.15) is 12.1 Å². The van der Waals surface area contributed by atoms with Crippen LogP contribution in [-0.4, -0.2) is 46.7 Å². The van der Waals surface area contributed by atoms with Crippen LogP contribution < -0.4 is 5.32 Å². The van der Waals surface area contributed by atoms with Gasteiger partial charge in [0.25, 0.3) is 23.4 Å². The van der Waals surface area contributed by atoms with Gasteiger partial charge in [-0.25, -0.2) is 0 Å². The lowest BCUT2D eigenvalue weighted by Gasteiger charge is -2.13. The number of anilines is 1. The number of nitrogens with zero attached hydrogens (tertiary/aromatic N) is 2. The molecule has 34 heavy (non-hydrogen) atoms. The van der Waals surface area contributed by atoms with E-state index in [1.54, 1.807) is 12.1 Å². The Balaban J connectivity index is 1.31. The molecule has 0 saturated carbocycles. The molecule has 0 fully saturated rings. The van der Waals surface area contributed by atoms with Crippen molar-refractivity contribution in [3.05, 3.63) is 94.0 Å². The summed E-state index contributed by atoms with van der Waals surface area (Å²) in [6.07, 6.45) is 0. The van der Waals surface area contributed by atoms with E-state index >= 15 is 0 Å². The number of hydrogen-bond acceptors (Lipinski definition) is 7. The molecular weight excluding hydrogens is 442 g/mol. The molecule has 0 unspecified atom stereocenters. The fourth-order valence-corrected chi connectivity index (χ4v) is 3.51. The fourth-order valence-electron chi connectivity index (χ4n) is 3.51. The third-order valence-corrected chi connectivity index (χ3v) is 5.10. The smallest absolute Gasteiger partial charge is 0.326 e. The normalized spacial score (nSPS) is 12.3. The van der Waals surface area contributed by atoms with Gasteiger partial charge >= 0.3 is 5.97 Å². The number of benzene rings is 3. The molecule has 3 aromatic rings. The molecule has 10 nitrogen and oxygen atoms in total. The second-order valence-electron chi connectivity index (χ2n) is 7.31. The van der Waals surface area contributed by atoms with Crippen LogP contribution in [-0.2, 0) is 14.3 Å². The van der Waals surface area contributed by atoms with E-state index < -0.39 is 47.5 Å². The van der Waals surface area contributed by atoms with Gasteiger partial charge in [0, 0.05) is 11.8 Å². The summed E-state index contributed by atoms with van der Waals surface area (Å²) in [4.78, 5) is 60.1. The third-order valence-electron chi connectivity index (χ3n) is 5.10. The first-order valence-electron chi connectivity index (χ1n) is 10.1. The van der Waals surface area contributed by atoms with Crippen molar-refractivity contribution in [1.82, 2.24) is 4.90 Å². The van der Waals surface area contributed by atoms with Gasteiger partial charge in [-0.15, -0.1) is 0 Å². The molecule has 1 aliphatic rings. The van der Waals surface area contributed by atoms with Gasteiger partial charge in [-0.3, -0.25) is 34.2 Å². The Kier molecular flexibility index (Phi) is 6.13. The summed E-state index contributed by atoms with van der Waals surface area (Å²) >= 11 is 0. The number of hydrogen-bond donors (Lipinski definition) is 1. The summed E-state index contributed by atoms with van der Waals surface area (Å²) in [6, 6.07) is 20.4. The van der Waals surface area contributed by atoms with Crippen molar-refractivity contribution in [3.8, 4) is 11.1 Å². The van der Waals surface area contributed by atoms with Crippen molar-refractivity contribution in [3.63, 3.8) is 0 Å². The summed E-state index contributed by atoms with van der Waals surface area (Å²) in [5.41, 5.74) is 1.42. The van der Waals surface area contributed by atoms with Crippen molar-refractivity contribution < 1.29 is 28.8 Å². The zero-order chi connectivity index (χ0) is 24.2. The standard InChI is InChI=1S/C24H17N3O7/c28-20(25-17-11-9-16(10-12-17)15-5-2-1-3-6-15)14-34-21(29)13-26-23(30)18-7-4-8-19(27(32)33)22(18)24(26)31/h1-12H,13-14H2,(H,25,28). The van der Waals surface area contributed by atoms with Crippen LogP contribution in [0.25, 0.3) is 11.1 Å². The number of nitrogens with one attached hydrogen (secondary N) is 1. The number of imide groups is 1. The molecular formula is C24H17N3O7. The van der Waals surface area contributed by atoms with Crippen LogP contribution in [0.2, 0.25) is 0 Å². The fraction of sp³-hybridized carbons (Fsp3) is 0.0833. The van der Waals surface area contributed by atoms with E-state index in [-0.39, 0.29) is 11.1 Å². The molecule has 0 radical (unpaired) electrons. The molecule has 3 aromatic carbocycles. The SMILES string of the molecule is O=C(COC(=O)CN1C(=O)c2cccc([N+](=O)[O-])c2C1=O)Nc1ccc(-c2ccccc2)cc1. The van der Waals surface area contributed by atoms with E-state index in [1.165, 1.54) is 12.1 Å². The molecule has 0 atom stereocenters. The van der Waals surface area contributed by atoms with Crippen LogP contribution in [0.4, 0.5) is 11.4 Å². The molecule has 1 heterocycles. The summed E-state index contributed by atoms with van der Waals surface area (Å²) in [5.74, 6) is -3.43. The lowest BCUT2D eigenvalue weighted by atomic mass is 10.1. The minimum Gasteiger partial charge on any atom is -0.454 e. The highest BCUT2D eigenvalue weighted by Crippen LogP contribution is 2.30. The first kappa shape index (κ1) is 22.3. The number of carbonyl (C=O) groups excluding carboxylic acids is 4. The molecule has 10 heteroatoms. The number of nitro benzene ring substituents is 1. The topological polar surface area (TPSA) is 136 Å². The molecule has 1 aliphatic heterocycles. The predicted molar refractivity (Wildman–Crippen MR) is 120 cm³/mol. The Labute approximate surface area is 192 Å². The molecule has 0 aromatic heterocycles. The van der Waals surface area contributed by atoms with E-state index in [1.807, 2.05) is 42.5 Å². The summed E-state index contributed by atoms with van der Waals surface area (Å²) in [7, 11) is 0. The average molecular weight is 459 g/mol. The van der Waals surface area contributed by atoms with E-state index in [0.29, 0.717) is 10.6 Å². The minimum absolute atomic E-state index is 0.163. The minimum atomic E-state index is -1.01. The van der Waals surface area contributed by atoms with Crippen LogP contribution in [0.15, 0.2) is 72.8 Å². The van der Waals surface area contributed by atoms with Crippen molar-refractivity contribution in [2.45, 2.75) is 0 Å². The summed E-state index contributed by atoms with van der Waals surface area (Å²) < 4.78 is 4.87. The highest BCUT2D eigenvalue weighted by Gasteiger charge is 2.41. The molecule has 170 valence electrons. The van der Waals surface area contributed by atoms with Gasteiger partial charge in [0.15, 0.2) is 6.61 Å². The molecule has 0 aliphatic carbocycles. The van der Waals surface area contributed by atoms with Gasteiger partial charge in [-0.05, 0) is 29.3 Å². The van der Waals surface area contributed by atoms with Crippen LogP contribution in [0, 0.1) is 10.1 Å². The average Bonchev–Trinajstić information content (AvgIpc) is 3.08. The maximum Gasteiger partial charge on any atom is 0.326 e. The van der Waals surface area contributed by atoms with Gasteiger partial charge in [0.05, 0.1) is 10.5 Å². The van der Waals surface area contributed by atoms with Crippen molar-refractivity contribution >= 4 is 35.1 Å². The Hall–Kier alpha value is -4.86. The summed E-state index contributed by atoms with van der Waals surface area (Å²) in [5, 5.41) is 13.7. The molecule has 0 saturated heterocycles. The van der Waals surface area contributed by atoms with E-state index in [4.69, 9.17) is 4.74 Å². The molecule has 0 bridgehead atoms. The second kappa shape index (κ2) is 9.33. The highest BCUT2D eigenvalue weighted by atomic mass is 16.6. The van der Waals surface area contributed by atoms with E-state index in [0.717, 1.165) is 17.2 Å². The Morgan fingerprint density at radius 3 is 2.24 bits per heavy atom. The molecule has 1 N–H and O–H groups in total. The number of nitro groups is 1. The number of fused-ring (bicyclic) bond motifs is 1. The first-order valence-corrected chi connectivity index (χ1v) is 10.1. The highest BCUT2D eigenvalue weighted by molar-refractivity contribution is 6.24. The first-order chi connectivity index (χ1) is 16.3. The molecule has 4 rings (SSSR count). The van der Waals surface area contributed by atoms with Crippen LogP contribution >= 0.6 is 0 Å². The Morgan fingerprint density at radius 2 is 1.56 bits per heavy atom. The Morgan fingerprint density at radius 1 is 0.882 bits per heavy atom. The number of amides is 3. The monoisotopic (exact) mass is 459 g/mol. The lowest BCUT2D eigenvalue weighted by molar-refractivity contribution is -0.385. The maximum atomic E-state index is 12.5. The largest absolute Gasteiger partial charge is 0.454 e. The molecule has 0 spiro atoms. The second-order valence-corrected chi connectivity index (χ2v) is 7.31. The number of carbonyl (C=O) groups is 4. The predicted octanol–water partition coefficient (Wildman–Crippen LogP) is 3.04. The van der Waals surface area contributed by atoms with Gasteiger partial charge < -0.3 is 10.1 Å². The van der Waals surface area contributed by atoms with Crippen molar-refractivity contribution in [2.75, 3.05) is 18.5 Å². The van der Waals surface area contributed by atoms with Crippen LogP contribution in [0.1, 0.15) is 20.7 Å². The molecule has 3 amide bonds. The zero-order valence-electron chi connectivity index (χ0n) is 17.6. The quantitative estimate of drug-likeness (QED) is 0.248. The van der Waals surface area contributed by atoms with Gasteiger partial charge in [-0.2, -0.15) is 0 Å². The number of rotatable bonds is 7. The number of esters is 1. The van der Waals surface area contributed by atoms with E-state index in [2.05, 4.69) is 5.32 Å². The number of ether oxygens (including phenoxy) is 1. The summed E-state index contributed by atoms with van der Waals surface area (Å²) in [6.45, 7) is -1.41. The van der Waals surface area contributed by atoms with E-state index in [9.17, 15) is 29.3 Å². The zero-order valence-corrected chi connectivity index (χ0v) is 17.6. The van der Waals surface area contributed by atoms with Crippen molar-refractivity contribution in [1.29, 1.82) is 0 Å². The maximum absolute atomic E-state index is 12.5. The lowest BCUT2D eigenvalue weighted by Crippen LogP contribution is -2.36. The van der Waals surface area contributed by atoms with Gasteiger partial charge in [0.2, 0.25) is 0 Å². The van der Waals surface area contributed by atoms with Crippen LogP contribution in [0.5, 0.6) is 0 Å². The van der Waals surface area contributed by atoms with Gasteiger partial charge in [-0.1, -0.05) is 48.5 Å². The Bertz CT molecular complexity index is 1300.